The summed E-state index contributed by atoms with van der Waals surface area (Å²) in [6.07, 6.45) is 1.01. The third-order valence-electron chi connectivity index (χ3n) is 3.73. The number of rotatable bonds is 2. The molecule has 0 spiro atoms. The summed E-state index contributed by atoms with van der Waals surface area (Å²) >= 11 is 0. The molecule has 5 heteroatoms. The zero-order chi connectivity index (χ0) is 15.0. The quantitative estimate of drug-likeness (QED) is 0.885. The van der Waals surface area contributed by atoms with Gasteiger partial charge in [-0.05, 0) is 36.1 Å². The number of carboxylic acid groups (broad SMARTS) is 1. The van der Waals surface area contributed by atoms with Gasteiger partial charge in [0.2, 0.25) is 0 Å². The van der Waals surface area contributed by atoms with Crippen LogP contribution in [0.1, 0.15) is 23.0 Å². The molecule has 0 aliphatic carbocycles. The fourth-order valence-corrected chi connectivity index (χ4v) is 2.79. The summed E-state index contributed by atoms with van der Waals surface area (Å²) in [5.41, 5.74) is 8.81. The first-order chi connectivity index (χ1) is 10.1. The van der Waals surface area contributed by atoms with Crippen LogP contribution in [0.2, 0.25) is 0 Å². The summed E-state index contributed by atoms with van der Waals surface area (Å²) in [5, 5.41) is 9.12. The van der Waals surface area contributed by atoms with Gasteiger partial charge in [-0.15, -0.1) is 0 Å². The molecule has 3 rings (SSSR count). The molecular weight excluding hydrogens is 266 g/mol. The molecule has 1 aromatic heterocycles. The normalized spacial score (nSPS) is 17.4. The van der Waals surface area contributed by atoms with Gasteiger partial charge in [0.25, 0.3) is 0 Å². The smallest absolute Gasteiger partial charge is 0.354 e. The van der Waals surface area contributed by atoms with E-state index in [2.05, 4.69) is 18.0 Å². The van der Waals surface area contributed by atoms with Gasteiger partial charge >= 0.3 is 5.97 Å². The Bertz CT molecular complexity index is 700. The summed E-state index contributed by atoms with van der Waals surface area (Å²) < 4.78 is 0. The maximum absolute atomic E-state index is 11.1. The fourth-order valence-electron chi connectivity index (χ4n) is 2.79. The Morgan fingerprint density at radius 3 is 2.86 bits per heavy atom. The van der Waals surface area contributed by atoms with Crippen LogP contribution in [0.25, 0.3) is 0 Å². The van der Waals surface area contributed by atoms with Gasteiger partial charge < -0.3 is 15.7 Å². The standard InChI is InChI=1S/C16H17N3O2/c1-10-8-11-4-2-3-5-14(11)19(9-10)15-12(17)6-7-13(18-15)16(20)21/h2-7,10H,8-9,17H2,1H3,(H,20,21). The molecule has 1 aromatic carbocycles. The average molecular weight is 283 g/mol. The van der Waals surface area contributed by atoms with Crippen LogP contribution in [0.3, 0.4) is 0 Å². The van der Waals surface area contributed by atoms with Crippen molar-refractivity contribution in [1.29, 1.82) is 0 Å². The number of aromatic nitrogens is 1. The highest BCUT2D eigenvalue weighted by Crippen LogP contribution is 2.36. The molecule has 1 atom stereocenters. The molecule has 0 bridgehead atoms. The molecule has 0 fully saturated rings. The number of hydrogen-bond acceptors (Lipinski definition) is 4. The highest BCUT2D eigenvalue weighted by atomic mass is 16.4. The first-order valence-electron chi connectivity index (χ1n) is 6.91. The summed E-state index contributed by atoms with van der Waals surface area (Å²) in [5.74, 6) is -0.0712. The Hall–Kier alpha value is -2.56. The zero-order valence-corrected chi connectivity index (χ0v) is 11.8. The summed E-state index contributed by atoms with van der Waals surface area (Å²) in [6.45, 7) is 2.94. The molecule has 1 unspecified atom stereocenters. The van der Waals surface area contributed by atoms with Gasteiger partial charge in [-0.1, -0.05) is 25.1 Å². The number of aromatic carboxylic acids is 1. The van der Waals surface area contributed by atoms with Crippen molar-refractivity contribution in [3.8, 4) is 0 Å². The van der Waals surface area contributed by atoms with E-state index in [1.165, 1.54) is 11.6 Å². The SMILES string of the molecule is CC1Cc2ccccc2N(c2nc(C(=O)O)ccc2N)C1. The lowest BCUT2D eigenvalue weighted by atomic mass is 9.94. The third-order valence-corrected chi connectivity index (χ3v) is 3.73. The predicted molar refractivity (Wildman–Crippen MR) is 81.9 cm³/mol. The second-order valence-electron chi connectivity index (χ2n) is 5.46. The van der Waals surface area contributed by atoms with Crippen LogP contribution in [0, 0.1) is 5.92 Å². The lowest BCUT2D eigenvalue weighted by Crippen LogP contribution is -2.31. The molecule has 1 aliphatic heterocycles. The minimum atomic E-state index is -1.05. The monoisotopic (exact) mass is 283 g/mol. The molecule has 2 aromatic rings. The van der Waals surface area contributed by atoms with Crippen LogP contribution in [0.15, 0.2) is 36.4 Å². The number of para-hydroxylation sites is 1. The molecule has 0 saturated carbocycles. The molecule has 21 heavy (non-hydrogen) atoms. The molecule has 3 N–H and O–H groups in total. The number of nitrogens with two attached hydrogens (primary N) is 1. The first kappa shape index (κ1) is 13.4. The van der Waals surface area contributed by atoms with E-state index in [0.717, 1.165) is 18.7 Å². The van der Waals surface area contributed by atoms with Gasteiger partial charge in [0, 0.05) is 12.2 Å². The van der Waals surface area contributed by atoms with Gasteiger partial charge in [-0.25, -0.2) is 9.78 Å². The number of pyridine rings is 1. The Kier molecular flexibility index (Phi) is 3.25. The number of benzene rings is 1. The molecule has 2 heterocycles. The summed E-state index contributed by atoms with van der Waals surface area (Å²) in [7, 11) is 0. The zero-order valence-electron chi connectivity index (χ0n) is 11.8. The van der Waals surface area contributed by atoms with Gasteiger partial charge in [0.15, 0.2) is 11.5 Å². The second-order valence-corrected chi connectivity index (χ2v) is 5.46. The lowest BCUT2D eigenvalue weighted by Gasteiger charge is -2.34. The van der Waals surface area contributed by atoms with Crippen LogP contribution in [0.5, 0.6) is 0 Å². The molecule has 1 aliphatic rings. The summed E-state index contributed by atoms with van der Waals surface area (Å²) in [6, 6.07) is 11.1. The molecule has 0 saturated heterocycles. The van der Waals surface area contributed by atoms with Crippen molar-refractivity contribution in [2.24, 2.45) is 5.92 Å². The molecule has 108 valence electrons. The van der Waals surface area contributed by atoms with Crippen molar-refractivity contribution in [2.75, 3.05) is 17.2 Å². The topological polar surface area (TPSA) is 79.5 Å². The number of carboxylic acids is 1. The van der Waals surface area contributed by atoms with Crippen molar-refractivity contribution in [3.05, 3.63) is 47.7 Å². The van der Waals surface area contributed by atoms with Crippen molar-refractivity contribution in [3.63, 3.8) is 0 Å². The van der Waals surface area contributed by atoms with Crippen LogP contribution in [-0.2, 0) is 6.42 Å². The van der Waals surface area contributed by atoms with Crippen molar-refractivity contribution >= 4 is 23.2 Å². The van der Waals surface area contributed by atoms with E-state index in [1.54, 1.807) is 6.07 Å². The number of anilines is 3. The first-order valence-corrected chi connectivity index (χ1v) is 6.91. The van der Waals surface area contributed by atoms with Gasteiger partial charge in [-0.2, -0.15) is 0 Å². The van der Waals surface area contributed by atoms with Crippen molar-refractivity contribution < 1.29 is 9.90 Å². The minimum Gasteiger partial charge on any atom is -0.477 e. The lowest BCUT2D eigenvalue weighted by molar-refractivity contribution is 0.0690. The van der Waals surface area contributed by atoms with Crippen molar-refractivity contribution in [2.45, 2.75) is 13.3 Å². The van der Waals surface area contributed by atoms with Crippen molar-refractivity contribution in [1.82, 2.24) is 4.98 Å². The van der Waals surface area contributed by atoms with E-state index in [4.69, 9.17) is 10.8 Å². The number of nitrogens with zero attached hydrogens (tertiary/aromatic N) is 2. The predicted octanol–water partition coefficient (Wildman–Crippen LogP) is 2.69. The Labute approximate surface area is 123 Å². The van der Waals surface area contributed by atoms with E-state index >= 15 is 0 Å². The maximum atomic E-state index is 11.1. The minimum absolute atomic E-state index is 0.00917. The maximum Gasteiger partial charge on any atom is 0.354 e. The van der Waals surface area contributed by atoms with E-state index in [0.29, 0.717) is 17.4 Å². The second kappa shape index (κ2) is 5.09. The Morgan fingerprint density at radius 1 is 1.33 bits per heavy atom. The highest BCUT2D eigenvalue weighted by Gasteiger charge is 2.25. The van der Waals surface area contributed by atoms with Crippen LogP contribution < -0.4 is 10.6 Å². The number of hydrogen-bond donors (Lipinski definition) is 2. The Balaban J connectivity index is 2.12. The molecule has 0 amide bonds. The third kappa shape index (κ3) is 2.42. The average Bonchev–Trinajstić information content (AvgIpc) is 2.46. The van der Waals surface area contributed by atoms with Gasteiger partial charge in [0.1, 0.15) is 0 Å². The number of carbonyl (C=O) groups is 1. The molecular formula is C16H17N3O2. The van der Waals surface area contributed by atoms with E-state index in [1.807, 2.05) is 23.1 Å². The van der Waals surface area contributed by atoms with Gasteiger partial charge in [-0.3, -0.25) is 0 Å². The summed E-state index contributed by atoms with van der Waals surface area (Å²) in [4.78, 5) is 17.4. The molecule has 5 nitrogen and oxygen atoms in total. The van der Waals surface area contributed by atoms with Gasteiger partial charge in [0.05, 0.1) is 5.69 Å². The fraction of sp³-hybridized carbons (Fsp3) is 0.250. The van der Waals surface area contributed by atoms with E-state index in [-0.39, 0.29) is 5.69 Å². The molecule has 0 radical (unpaired) electrons. The largest absolute Gasteiger partial charge is 0.477 e. The highest BCUT2D eigenvalue weighted by molar-refractivity contribution is 5.87. The Morgan fingerprint density at radius 2 is 2.10 bits per heavy atom. The van der Waals surface area contributed by atoms with Crippen LogP contribution >= 0.6 is 0 Å². The number of nitrogen functional groups attached to an aromatic ring is 1. The van der Waals surface area contributed by atoms with E-state index < -0.39 is 5.97 Å². The number of fused-ring (bicyclic) bond motifs is 1. The van der Waals surface area contributed by atoms with Crippen LogP contribution in [-0.4, -0.2) is 22.6 Å². The van der Waals surface area contributed by atoms with Crippen LogP contribution in [0.4, 0.5) is 17.2 Å². The van der Waals surface area contributed by atoms with E-state index in [9.17, 15) is 4.79 Å².